The second-order valence-corrected chi connectivity index (χ2v) is 5.49. The predicted molar refractivity (Wildman–Crippen MR) is 87.8 cm³/mol. The molecule has 0 fully saturated rings. The highest BCUT2D eigenvalue weighted by molar-refractivity contribution is 5.96. The van der Waals surface area contributed by atoms with Gasteiger partial charge in [-0.1, -0.05) is 0 Å². The molecule has 0 saturated carbocycles. The number of benzene rings is 1. The van der Waals surface area contributed by atoms with Gasteiger partial charge in [-0.2, -0.15) is 4.98 Å². The third-order valence-corrected chi connectivity index (χ3v) is 3.60. The molecule has 0 radical (unpaired) electrons. The van der Waals surface area contributed by atoms with E-state index in [0.717, 1.165) is 0 Å². The Hall–Kier alpha value is -2.76. The predicted octanol–water partition coefficient (Wildman–Crippen LogP) is 2.26. The van der Waals surface area contributed by atoms with E-state index in [0.29, 0.717) is 22.6 Å². The molecule has 0 aliphatic heterocycles. The Morgan fingerprint density at radius 1 is 1.17 bits per heavy atom. The molecule has 0 bridgehead atoms. The summed E-state index contributed by atoms with van der Waals surface area (Å²) >= 11 is 0. The van der Waals surface area contributed by atoms with Gasteiger partial charge in [-0.3, -0.25) is 14.2 Å². The number of aromatic nitrogens is 2. The molecule has 6 heteroatoms. The van der Waals surface area contributed by atoms with Crippen LogP contribution < -0.4 is 11.0 Å². The van der Waals surface area contributed by atoms with Crippen LogP contribution in [-0.2, 0) is 4.79 Å². The maximum atomic E-state index is 12.4. The lowest BCUT2D eigenvalue weighted by atomic mass is 10.1. The van der Waals surface area contributed by atoms with E-state index in [4.69, 9.17) is 0 Å². The fourth-order valence-corrected chi connectivity index (χ4v) is 2.38. The number of amides is 1. The van der Waals surface area contributed by atoms with Gasteiger partial charge in [-0.25, -0.2) is 4.79 Å². The average molecular weight is 313 g/mol. The molecule has 1 amide bonds. The lowest BCUT2D eigenvalue weighted by Crippen LogP contribution is -2.34. The molecular weight excluding hydrogens is 294 g/mol. The van der Waals surface area contributed by atoms with Crippen molar-refractivity contribution in [2.45, 2.75) is 33.7 Å². The van der Waals surface area contributed by atoms with E-state index < -0.39 is 11.7 Å². The van der Waals surface area contributed by atoms with E-state index in [1.54, 1.807) is 51.1 Å². The molecule has 6 nitrogen and oxygen atoms in total. The normalized spacial score (nSPS) is 11.8. The number of Topliss-reactive ketones (excluding diaryl/α,β-unsaturated/α-hetero) is 1. The van der Waals surface area contributed by atoms with Crippen LogP contribution in [0.4, 0.5) is 5.69 Å². The highest BCUT2D eigenvalue weighted by Gasteiger charge is 2.18. The minimum Gasteiger partial charge on any atom is -0.324 e. The summed E-state index contributed by atoms with van der Waals surface area (Å²) in [5, 5.41) is 2.74. The highest BCUT2D eigenvalue weighted by Crippen LogP contribution is 2.14. The van der Waals surface area contributed by atoms with Crippen molar-refractivity contribution in [3.05, 3.63) is 57.8 Å². The first-order valence-electron chi connectivity index (χ1n) is 7.28. The lowest BCUT2D eigenvalue weighted by molar-refractivity contribution is -0.118. The Morgan fingerprint density at radius 3 is 2.30 bits per heavy atom. The van der Waals surface area contributed by atoms with Crippen molar-refractivity contribution in [2.24, 2.45) is 0 Å². The quantitative estimate of drug-likeness (QED) is 0.878. The van der Waals surface area contributed by atoms with Gasteiger partial charge in [-0.05, 0) is 58.0 Å². The summed E-state index contributed by atoms with van der Waals surface area (Å²) in [4.78, 5) is 39.5. The van der Waals surface area contributed by atoms with Gasteiger partial charge in [0.2, 0.25) is 5.91 Å². The van der Waals surface area contributed by atoms with Crippen LogP contribution in [0.1, 0.15) is 41.6 Å². The zero-order chi connectivity index (χ0) is 17.1. The highest BCUT2D eigenvalue weighted by atomic mass is 16.2. The number of nitrogens with zero attached hydrogens (tertiary/aromatic N) is 2. The molecule has 1 N–H and O–H groups in total. The van der Waals surface area contributed by atoms with Crippen molar-refractivity contribution in [2.75, 3.05) is 5.32 Å². The largest absolute Gasteiger partial charge is 0.348 e. The molecule has 0 unspecified atom stereocenters. The zero-order valence-corrected chi connectivity index (χ0v) is 13.6. The number of carbonyl (C=O) groups is 2. The average Bonchev–Trinajstić information content (AvgIpc) is 2.46. The van der Waals surface area contributed by atoms with E-state index in [1.807, 2.05) is 0 Å². The molecule has 0 spiro atoms. The first-order valence-corrected chi connectivity index (χ1v) is 7.28. The Kier molecular flexibility index (Phi) is 4.74. The first-order chi connectivity index (χ1) is 10.8. The summed E-state index contributed by atoms with van der Waals surface area (Å²) in [6.07, 6.45) is 0. The van der Waals surface area contributed by atoms with Gasteiger partial charge in [0.15, 0.2) is 5.78 Å². The maximum absolute atomic E-state index is 12.4. The summed E-state index contributed by atoms with van der Waals surface area (Å²) in [5.41, 5.74) is 1.99. The standard InChI is InChI=1S/C17H19N3O3/c1-10-9-11(2)20(17(23)18-10)12(3)16(22)19-15-7-5-14(6-8-15)13(4)21/h5-9,12H,1-4H3,(H,19,22)/t12-/m1/s1. The van der Waals surface area contributed by atoms with Gasteiger partial charge in [0.1, 0.15) is 6.04 Å². The number of hydrogen-bond acceptors (Lipinski definition) is 4. The number of ketones is 1. The van der Waals surface area contributed by atoms with Crippen molar-refractivity contribution in [3.8, 4) is 0 Å². The van der Waals surface area contributed by atoms with Gasteiger partial charge in [-0.15, -0.1) is 0 Å². The third-order valence-electron chi connectivity index (χ3n) is 3.60. The maximum Gasteiger partial charge on any atom is 0.348 e. The zero-order valence-electron chi connectivity index (χ0n) is 13.6. The van der Waals surface area contributed by atoms with Crippen LogP contribution in [0.15, 0.2) is 35.1 Å². The third kappa shape index (κ3) is 3.71. The van der Waals surface area contributed by atoms with Crippen LogP contribution in [0.2, 0.25) is 0 Å². The Bertz CT molecular complexity index is 807. The van der Waals surface area contributed by atoms with Crippen molar-refractivity contribution in [1.82, 2.24) is 9.55 Å². The van der Waals surface area contributed by atoms with E-state index in [2.05, 4.69) is 10.3 Å². The van der Waals surface area contributed by atoms with Crippen LogP contribution in [0.25, 0.3) is 0 Å². The molecule has 1 atom stereocenters. The molecule has 0 saturated heterocycles. The molecule has 2 aromatic rings. The Balaban J connectivity index is 2.20. The van der Waals surface area contributed by atoms with Crippen LogP contribution >= 0.6 is 0 Å². The lowest BCUT2D eigenvalue weighted by Gasteiger charge is -2.17. The number of anilines is 1. The van der Waals surface area contributed by atoms with E-state index in [9.17, 15) is 14.4 Å². The molecular formula is C17H19N3O3. The van der Waals surface area contributed by atoms with E-state index in [1.165, 1.54) is 11.5 Å². The topological polar surface area (TPSA) is 81.1 Å². The molecule has 120 valence electrons. The number of nitrogens with one attached hydrogen (secondary N) is 1. The fourth-order valence-electron chi connectivity index (χ4n) is 2.38. The SMILES string of the molecule is CC(=O)c1ccc(NC(=O)[C@@H](C)n2c(C)cc(C)nc2=O)cc1. The molecule has 0 aliphatic carbocycles. The van der Waals surface area contributed by atoms with Crippen molar-refractivity contribution in [1.29, 1.82) is 0 Å². The summed E-state index contributed by atoms with van der Waals surface area (Å²) in [7, 11) is 0. The van der Waals surface area contributed by atoms with E-state index >= 15 is 0 Å². The summed E-state index contributed by atoms with van der Waals surface area (Å²) < 4.78 is 1.35. The van der Waals surface area contributed by atoms with Gasteiger partial charge in [0.25, 0.3) is 0 Å². The summed E-state index contributed by atoms with van der Waals surface area (Å²) in [5.74, 6) is -0.361. The number of hydrogen-bond donors (Lipinski definition) is 1. The molecule has 1 aromatic carbocycles. The Morgan fingerprint density at radius 2 is 1.78 bits per heavy atom. The smallest absolute Gasteiger partial charge is 0.324 e. The van der Waals surface area contributed by atoms with Crippen LogP contribution in [-0.4, -0.2) is 21.2 Å². The first kappa shape index (κ1) is 16.6. The second kappa shape index (κ2) is 6.56. The summed E-state index contributed by atoms with van der Waals surface area (Å²) in [6, 6.07) is 7.67. The number of aryl methyl sites for hydroxylation is 2. The monoisotopic (exact) mass is 313 g/mol. The minimum atomic E-state index is -0.692. The number of carbonyl (C=O) groups excluding carboxylic acids is 2. The molecule has 23 heavy (non-hydrogen) atoms. The van der Waals surface area contributed by atoms with E-state index in [-0.39, 0.29) is 11.7 Å². The Labute approximate surface area is 134 Å². The van der Waals surface area contributed by atoms with Gasteiger partial charge in [0, 0.05) is 22.6 Å². The van der Waals surface area contributed by atoms with Gasteiger partial charge < -0.3 is 5.32 Å². The van der Waals surface area contributed by atoms with Crippen molar-refractivity contribution < 1.29 is 9.59 Å². The van der Waals surface area contributed by atoms with Crippen molar-refractivity contribution in [3.63, 3.8) is 0 Å². The molecule has 1 aromatic heterocycles. The van der Waals surface area contributed by atoms with Crippen LogP contribution in [0.5, 0.6) is 0 Å². The number of rotatable bonds is 4. The molecule has 2 rings (SSSR count). The minimum absolute atomic E-state index is 0.0378. The van der Waals surface area contributed by atoms with Crippen LogP contribution in [0, 0.1) is 13.8 Å². The van der Waals surface area contributed by atoms with Crippen molar-refractivity contribution >= 4 is 17.4 Å². The van der Waals surface area contributed by atoms with Crippen LogP contribution in [0.3, 0.4) is 0 Å². The second-order valence-electron chi connectivity index (χ2n) is 5.49. The van der Waals surface area contributed by atoms with Gasteiger partial charge >= 0.3 is 5.69 Å². The summed E-state index contributed by atoms with van der Waals surface area (Å²) in [6.45, 7) is 6.63. The van der Waals surface area contributed by atoms with Gasteiger partial charge in [0.05, 0.1) is 0 Å². The fraction of sp³-hybridized carbons (Fsp3) is 0.294. The molecule has 0 aliphatic rings. The molecule has 1 heterocycles.